The molecule has 0 fully saturated rings. The van der Waals surface area contributed by atoms with Crippen molar-refractivity contribution in [2.75, 3.05) is 61.3 Å². The van der Waals surface area contributed by atoms with E-state index in [1.807, 2.05) is 0 Å². The Labute approximate surface area is 158 Å². The van der Waals surface area contributed by atoms with Gasteiger partial charge in [0.05, 0.1) is 11.1 Å². The van der Waals surface area contributed by atoms with Gasteiger partial charge < -0.3 is 9.80 Å². The molecule has 5 nitrogen and oxygen atoms in total. The van der Waals surface area contributed by atoms with E-state index in [1.165, 1.54) is 22.8 Å². The largest absolute Gasteiger partial charge is 0.363 e. The third-order valence-corrected chi connectivity index (χ3v) is 4.07. The molecule has 1 aliphatic rings. The van der Waals surface area contributed by atoms with Crippen LogP contribution in [0.3, 0.4) is 0 Å². The van der Waals surface area contributed by atoms with Gasteiger partial charge in [-0.25, -0.2) is 9.15 Å². The maximum atomic E-state index is 2.36. The Kier molecular flexibility index (Phi) is 6.24. The van der Waals surface area contributed by atoms with Crippen molar-refractivity contribution < 1.29 is 9.15 Å². The molecule has 0 radical (unpaired) electrons. The second kappa shape index (κ2) is 8.21. The lowest BCUT2D eigenvalue weighted by molar-refractivity contribution is -0.459. The van der Waals surface area contributed by atoms with Crippen LogP contribution in [-0.4, -0.2) is 87.8 Å². The number of anilines is 1. The summed E-state index contributed by atoms with van der Waals surface area (Å²) >= 11 is 0. The third kappa shape index (κ3) is 4.34. The molecule has 0 amide bonds. The summed E-state index contributed by atoms with van der Waals surface area (Å²) in [6.45, 7) is 0. The highest BCUT2D eigenvalue weighted by molar-refractivity contribution is 5.87. The number of nitrogens with zero attached hydrogens (tertiary/aromatic N) is 5. The van der Waals surface area contributed by atoms with E-state index in [1.54, 1.807) is 0 Å². The van der Waals surface area contributed by atoms with Crippen molar-refractivity contribution in [1.29, 1.82) is 0 Å². The van der Waals surface area contributed by atoms with Crippen LogP contribution in [0.2, 0.25) is 0 Å². The van der Waals surface area contributed by atoms with Gasteiger partial charge in [-0.3, -0.25) is 4.90 Å². The van der Waals surface area contributed by atoms with Crippen LogP contribution >= 0.6 is 0 Å². The van der Waals surface area contributed by atoms with Gasteiger partial charge in [-0.2, -0.15) is 0 Å². The number of para-hydroxylation sites is 1. The normalized spacial score (nSPS) is 14.4. The predicted molar refractivity (Wildman–Crippen MR) is 111 cm³/mol. The van der Waals surface area contributed by atoms with Gasteiger partial charge >= 0.3 is 0 Å². The van der Waals surface area contributed by atoms with Gasteiger partial charge in [-0.05, 0) is 12.1 Å². The molecule has 0 saturated heterocycles. The van der Waals surface area contributed by atoms with Crippen molar-refractivity contribution in [2.24, 2.45) is 0 Å². The van der Waals surface area contributed by atoms with Gasteiger partial charge in [0.15, 0.2) is 12.4 Å². The van der Waals surface area contributed by atoms with Crippen LogP contribution in [0, 0.1) is 0 Å². The first-order valence-corrected chi connectivity index (χ1v) is 8.91. The minimum absolute atomic E-state index is 0.890. The van der Waals surface area contributed by atoms with E-state index in [4.69, 9.17) is 0 Å². The van der Waals surface area contributed by atoms with Gasteiger partial charge in [0.2, 0.25) is 0 Å². The van der Waals surface area contributed by atoms with Gasteiger partial charge in [0.1, 0.15) is 39.8 Å². The number of rotatable bonds is 5. The second-order valence-corrected chi connectivity index (χ2v) is 7.52. The van der Waals surface area contributed by atoms with Crippen LogP contribution in [0.4, 0.5) is 5.69 Å². The number of allylic oxidation sites excluding steroid dienone is 2. The summed E-state index contributed by atoms with van der Waals surface area (Å²) in [5.41, 5.74) is 3.75. The van der Waals surface area contributed by atoms with Crippen molar-refractivity contribution in [2.45, 2.75) is 6.42 Å². The second-order valence-electron chi connectivity index (χ2n) is 7.52. The van der Waals surface area contributed by atoms with Crippen LogP contribution in [0.5, 0.6) is 0 Å². The molecule has 1 heterocycles. The predicted octanol–water partition coefficient (Wildman–Crippen LogP) is 2.13. The zero-order chi connectivity index (χ0) is 19.4. The smallest absolute Gasteiger partial charge is 0.170 e. The standard InChI is InChI=1S/C21H33N5/c1-22(2)15-17-14-18(16-23(3)4)21(25(7)8)26(20(17)24(5)6)19-12-10-9-11-13-19/h9-13,15-16H,14H2,1-8H3/q+2. The Balaban J connectivity index is 2.82. The Morgan fingerprint density at radius 2 is 1.19 bits per heavy atom. The summed E-state index contributed by atoms with van der Waals surface area (Å²) in [4.78, 5) is 6.77. The maximum absolute atomic E-state index is 2.36. The molecule has 1 aliphatic heterocycles. The molecule has 0 atom stereocenters. The van der Waals surface area contributed by atoms with Gasteiger partial charge in [-0.1, -0.05) is 18.2 Å². The zero-order valence-corrected chi connectivity index (χ0v) is 17.5. The Morgan fingerprint density at radius 3 is 1.54 bits per heavy atom. The van der Waals surface area contributed by atoms with Crippen LogP contribution < -0.4 is 4.90 Å². The molecular weight excluding hydrogens is 322 g/mol. The molecule has 1 aromatic rings. The fourth-order valence-electron chi connectivity index (χ4n) is 3.38. The molecule has 0 bridgehead atoms. The Morgan fingerprint density at radius 1 is 0.769 bits per heavy atom. The van der Waals surface area contributed by atoms with Gasteiger partial charge in [0.25, 0.3) is 0 Å². The summed E-state index contributed by atoms with van der Waals surface area (Å²) in [5, 5.41) is 0. The highest BCUT2D eigenvalue weighted by atomic mass is 15.4. The number of hydrogen-bond acceptors (Lipinski definition) is 3. The summed E-state index contributed by atoms with van der Waals surface area (Å²) in [5.74, 6) is 2.40. The van der Waals surface area contributed by atoms with E-state index in [2.05, 4.69) is 123 Å². The molecule has 0 unspecified atom stereocenters. The average Bonchev–Trinajstić information content (AvgIpc) is 2.53. The fraction of sp³-hybridized carbons (Fsp3) is 0.429. The highest BCUT2D eigenvalue weighted by Crippen LogP contribution is 2.35. The van der Waals surface area contributed by atoms with Crippen LogP contribution in [-0.2, 0) is 0 Å². The van der Waals surface area contributed by atoms with E-state index < -0.39 is 0 Å². The number of hydrogen-bond donors (Lipinski definition) is 0. The van der Waals surface area contributed by atoms with Crippen molar-refractivity contribution in [3.05, 3.63) is 53.1 Å². The van der Waals surface area contributed by atoms with E-state index in [9.17, 15) is 0 Å². The molecule has 2 rings (SSSR count). The van der Waals surface area contributed by atoms with Crippen LogP contribution in [0.1, 0.15) is 6.42 Å². The number of benzene rings is 1. The molecule has 0 aliphatic carbocycles. The monoisotopic (exact) mass is 355 g/mol. The third-order valence-electron chi connectivity index (χ3n) is 4.07. The molecule has 5 heteroatoms. The minimum atomic E-state index is 0.890. The molecule has 140 valence electrons. The fourth-order valence-corrected chi connectivity index (χ4v) is 3.38. The van der Waals surface area contributed by atoms with Crippen molar-refractivity contribution >= 4 is 18.1 Å². The molecule has 0 aromatic heterocycles. The van der Waals surface area contributed by atoms with E-state index >= 15 is 0 Å². The zero-order valence-electron chi connectivity index (χ0n) is 17.5. The highest BCUT2D eigenvalue weighted by Gasteiger charge is 2.32. The van der Waals surface area contributed by atoms with E-state index in [0.29, 0.717) is 0 Å². The average molecular weight is 356 g/mol. The summed E-state index contributed by atoms with van der Waals surface area (Å²) in [6, 6.07) is 10.6. The van der Waals surface area contributed by atoms with E-state index in [-0.39, 0.29) is 0 Å². The summed E-state index contributed by atoms with van der Waals surface area (Å²) < 4.78 is 4.24. The van der Waals surface area contributed by atoms with Crippen molar-refractivity contribution in [3.8, 4) is 0 Å². The van der Waals surface area contributed by atoms with Crippen molar-refractivity contribution in [3.63, 3.8) is 0 Å². The first-order valence-electron chi connectivity index (χ1n) is 8.91. The summed E-state index contributed by atoms with van der Waals surface area (Å²) in [7, 11) is 16.8. The van der Waals surface area contributed by atoms with Crippen LogP contribution in [0.15, 0.2) is 53.1 Å². The maximum Gasteiger partial charge on any atom is 0.170 e. The quantitative estimate of drug-likeness (QED) is 0.594. The Hall–Kier alpha value is -2.56. The lowest BCUT2D eigenvalue weighted by Crippen LogP contribution is -2.41. The topological polar surface area (TPSA) is 15.7 Å². The SMILES string of the molecule is CN(C)C1=C(C=[N+](C)C)CC(C=[N+](C)C)=C(N(C)C)N1c1ccccc1. The first-order chi connectivity index (χ1) is 12.2. The summed E-state index contributed by atoms with van der Waals surface area (Å²) in [6.07, 6.45) is 5.34. The minimum Gasteiger partial charge on any atom is -0.363 e. The van der Waals surface area contributed by atoms with Crippen molar-refractivity contribution in [1.82, 2.24) is 9.80 Å². The molecule has 0 N–H and O–H groups in total. The van der Waals surface area contributed by atoms with Gasteiger partial charge in [0, 0.05) is 40.3 Å². The Bertz CT molecular complexity index is 713. The van der Waals surface area contributed by atoms with Gasteiger partial charge in [-0.15, -0.1) is 0 Å². The molecular formula is C21H33N5+2. The lowest BCUT2D eigenvalue weighted by Gasteiger charge is -2.40. The molecule has 1 aromatic carbocycles. The molecule has 0 spiro atoms. The molecule has 0 saturated carbocycles. The van der Waals surface area contributed by atoms with Crippen LogP contribution in [0.25, 0.3) is 0 Å². The van der Waals surface area contributed by atoms with E-state index in [0.717, 1.165) is 12.1 Å². The first kappa shape index (κ1) is 19.8. The lowest BCUT2D eigenvalue weighted by atomic mass is 10.00. The molecule has 26 heavy (non-hydrogen) atoms.